The predicted molar refractivity (Wildman–Crippen MR) is 35.4 cm³/mol. The first-order valence-electron chi connectivity index (χ1n) is 2.32. The van der Waals surface area contributed by atoms with Gasteiger partial charge in [0, 0.05) is 12.1 Å². The molecule has 0 aliphatic rings. The lowest BCUT2D eigenvalue weighted by Crippen LogP contribution is -3.00. The minimum Gasteiger partial charge on any atom is -1.00 e. The zero-order chi connectivity index (χ0) is 5.98. The van der Waals surface area contributed by atoms with Crippen LogP contribution >= 0.6 is 0 Å². The van der Waals surface area contributed by atoms with E-state index in [4.69, 9.17) is 11.5 Å². The van der Waals surface area contributed by atoms with E-state index < -0.39 is 0 Å². The van der Waals surface area contributed by atoms with Gasteiger partial charge in [0.15, 0.2) is 0 Å². The van der Waals surface area contributed by atoms with Crippen LogP contribution in [0.5, 0.6) is 0 Å². The summed E-state index contributed by atoms with van der Waals surface area (Å²) in [5, 5.41) is 0. The van der Waals surface area contributed by atoms with Gasteiger partial charge in [0.25, 0.3) is 0 Å². The highest BCUT2D eigenvalue weighted by Crippen LogP contribution is 1.92. The summed E-state index contributed by atoms with van der Waals surface area (Å²) in [6.45, 7) is 0. The molecule has 0 fully saturated rings. The van der Waals surface area contributed by atoms with E-state index in [1.54, 1.807) is 18.2 Å². The molecule has 4 nitrogen and oxygen atoms in total. The second-order valence-electron chi connectivity index (χ2n) is 1.56. The maximum atomic E-state index is 5.32. The van der Waals surface area contributed by atoms with Crippen molar-refractivity contribution >= 4 is 11.6 Å². The van der Waals surface area contributed by atoms with Gasteiger partial charge in [0.05, 0.1) is 0 Å². The van der Waals surface area contributed by atoms with Gasteiger partial charge >= 0.3 is 0 Å². The first-order valence-corrected chi connectivity index (χ1v) is 2.32. The van der Waals surface area contributed by atoms with Gasteiger partial charge in [0.2, 0.25) is 11.6 Å². The second kappa shape index (κ2) is 5.01. The Balaban J connectivity index is 0. The van der Waals surface area contributed by atoms with Crippen LogP contribution in [0.1, 0.15) is 0 Å². The van der Waals surface area contributed by atoms with Crippen LogP contribution in [0.2, 0.25) is 0 Å². The Bertz CT molecular complexity index is 177. The fraction of sp³-hybridized carbons (Fsp3) is 0. The Morgan fingerprint density at radius 1 is 1.10 bits per heavy atom. The summed E-state index contributed by atoms with van der Waals surface area (Å²) in [5.74, 6) is 1.18. The highest BCUT2D eigenvalue weighted by Gasteiger charge is 1.88. The molecule has 0 saturated heterocycles. The molecule has 1 heterocycles. The molecular weight excluding hydrogens is 198 g/mol. The molecule has 0 saturated carbocycles. The highest BCUT2D eigenvalue weighted by atomic mass is 79.9. The summed E-state index contributed by atoms with van der Waals surface area (Å²) in [6, 6.07) is 5.29. The van der Waals surface area contributed by atoms with Gasteiger partial charge < -0.3 is 33.9 Å². The number of hydrogen-bond acceptors (Lipinski definition) is 2. The highest BCUT2D eigenvalue weighted by molar-refractivity contribution is 5.28. The van der Waals surface area contributed by atoms with Crippen molar-refractivity contribution in [2.45, 2.75) is 0 Å². The molecular formula is C5H10BrN3O. The standard InChI is InChI=1S/C5H7N3.BrH.H2O/c6-4-2-1-3-5(7)8-4;;/h1-3H,(H4,6,7,8);1H;1H2. The molecule has 1 aromatic rings. The van der Waals surface area contributed by atoms with E-state index in [-0.39, 0.29) is 22.5 Å². The van der Waals surface area contributed by atoms with Crippen LogP contribution in [0, 0.1) is 0 Å². The minimum absolute atomic E-state index is 0. The van der Waals surface area contributed by atoms with Crippen LogP contribution in [0.4, 0.5) is 11.6 Å². The minimum atomic E-state index is 0. The van der Waals surface area contributed by atoms with Crippen LogP contribution in [-0.2, 0) is 0 Å². The van der Waals surface area contributed by atoms with Gasteiger partial charge in [-0.1, -0.05) is 0 Å². The number of halogens is 1. The van der Waals surface area contributed by atoms with Crippen molar-refractivity contribution in [2.75, 3.05) is 11.5 Å². The smallest absolute Gasteiger partial charge is 0.216 e. The number of rotatable bonds is 0. The Labute approximate surface area is 69.3 Å². The average molecular weight is 208 g/mol. The summed E-state index contributed by atoms with van der Waals surface area (Å²) in [6.07, 6.45) is 0. The number of anilines is 2. The van der Waals surface area contributed by atoms with Crippen molar-refractivity contribution in [3.8, 4) is 0 Å². The molecule has 0 aliphatic carbocycles. The normalized spacial score (nSPS) is 7.20. The molecule has 10 heavy (non-hydrogen) atoms. The molecule has 0 atom stereocenters. The van der Waals surface area contributed by atoms with E-state index >= 15 is 0 Å². The quantitative estimate of drug-likeness (QED) is 0.452. The van der Waals surface area contributed by atoms with Crippen molar-refractivity contribution in [3.05, 3.63) is 18.2 Å². The molecule has 5 heteroatoms. The number of nitrogen functional groups attached to an aromatic ring is 2. The summed E-state index contributed by atoms with van der Waals surface area (Å²) in [5.41, 5.74) is 10.6. The molecule has 0 unspecified atom stereocenters. The largest absolute Gasteiger partial charge is 1.00 e. The predicted octanol–water partition coefficient (Wildman–Crippen LogP) is -4.16. The molecule has 1 rings (SSSR count). The third-order valence-electron chi connectivity index (χ3n) is 0.840. The number of nitrogens with one attached hydrogen (secondary N) is 1. The molecule has 0 bridgehead atoms. The Kier molecular flexibility index (Phi) is 5.98. The van der Waals surface area contributed by atoms with Crippen LogP contribution in [0.15, 0.2) is 18.2 Å². The maximum Gasteiger partial charge on any atom is 0.216 e. The van der Waals surface area contributed by atoms with E-state index in [2.05, 4.69) is 4.98 Å². The van der Waals surface area contributed by atoms with Gasteiger partial charge in [-0.2, -0.15) is 0 Å². The first kappa shape index (κ1) is 11.9. The number of pyridine rings is 1. The summed E-state index contributed by atoms with van der Waals surface area (Å²) in [4.78, 5) is 2.73. The molecule has 58 valence electrons. The van der Waals surface area contributed by atoms with Crippen LogP contribution in [0.25, 0.3) is 0 Å². The molecule has 0 aromatic carbocycles. The van der Waals surface area contributed by atoms with Crippen LogP contribution in [0.3, 0.4) is 0 Å². The molecule has 0 radical (unpaired) electrons. The SMILES string of the molecule is Nc1cccc(N)[nH+]1.O.[Br-]. The van der Waals surface area contributed by atoms with Gasteiger partial charge in [-0.15, -0.1) is 0 Å². The Morgan fingerprint density at radius 2 is 1.50 bits per heavy atom. The lowest BCUT2D eigenvalue weighted by atomic mass is 10.4. The number of hydrogen-bond donors (Lipinski definition) is 2. The van der Waals surface area contributed by atoms with Crippen molar-refractivity contribution < 1.29 is 27.4 Å². The van der Waals surface area contributed by atoms with E-state index in [1.165, 1.54) is 0 Å². The fourth-order valence-electron chi connectivity index (χ4n) is 0.505. The average Bonchev–Trinajstić information content (AvgIpc) is 1.64. The molecule has 0 spiro atoms. The second-order valence-corrected chi connectivity index (χ2v) is 1.56. The van der Waals surface area contributed by atoms with Gasteiger partial charge in [-0.3, -0.25) is 0 Å². The molecule has 0 amide bonds. The zero-order valence-corrected chi connectivity index (χ0v) is 6.85. The third-order valence-corrected chi connectivity index (χ3v) is 0.840. The lowest BCUT2D eigenvalue weighted by molar-refractivity contribution is -0.342. The van der Waals surface area contributed by atoms with Gasteiger partial charge in [0.1, 0.15) is 0 Å². The molecule has 0 aliphatic heterocycles. The molecule has 7 N–H and O–H groups in total. The topological polar surface area (TPSA) is 97.7 Å². The summed E-state index contributed by atoms with van der Waals surface area (Å²) >= 11 is 0. The summed E-state index contributed by atoms with van der Waals surface area (Å²) < 4.78 is 0. The van der Waals surface area contributed by atoms with Crippen molar-refractivity contribution in [1.29, 1.82) is 0 Å². The number of nitrogens with two attached hydrogens (primary N) is 2. The maximum absolute atomic E-state index is 5.32. The van der Waals surface area contributed by atoms with Gasteiger partial charge in [-0.05, 0) is 6.07 Å². The van der Waals surface area contributed by atoms with Gasteiger partial charge in [-0.25, -0.2) is 4.98 Å². The monoisotopic (exact) mass is 207 g/mol. The number of aromatic nitrogens is 1. The third kappa shape index (κ3) is 3.26. The summed E-state index contributed by atoms with van der Waals surface area (Å²) in [7, 11) is 0. The molecule has 1 aromatic heterocycles. The fourth-order valence-corrected chi connectivity index (χ4v) is 0.505. The Morgan fingerprint density at radius 3 is 1.70 bits per heavy atom. The van der Waals surface area contributed by atoms with Crippen molar-refractivity contribution in [2.24, 2.45) is 0 Å². The van der Waals surface area contributed by atoms with Crippen LogP contribution in [-0.4, -0.2) is 5.48 Å². The number of H-pyrrole nitrogens is 1. The van der Waals surface area contributed by atoms with Crippen LogP contribution < -0.4 is 33.4 Å². The van der Waals surface area contributed by atoms with Crippen molar-refractivity contribution in [3.63, 3.8) is 0 Å². The van der Waals surface area contributed by atoms with E-state index in [0.717, 1.165) is 0 Å². The number of aromatic amines is 1. The Hall–Kier alpha value is -0.810. The first-order chi connectivity index (χ1) is 3.79. The lowest BCUT2D eigenvalue weighted by Gasteiger charge is -1.85. The zero-order valence-electron chi connectivity index (χ0n) is 5.26. The van der Waals surface area contributed by atoms with E-state index in [1.807, 2.05) is 0 Å². The van der Waals surface area contributed by atoms with Crippen molar-refractivity contribution in [1.82, 2.24) is 0 Å². The van der Waals surface area contributed by atoms with E-state index in [0.29, 0.717) is 11.6 Å². The van der Waals surface area contributed by atoms with E-state index in [9.17, 15) is 0 Å².